The largest absolute Gasteiger partial charge is 0.353 e. The molecule has 4 nitrogen and oxygen atoms in total. The summed E-state index contributed by atoms with van der Waals surface area (Å²) < 4.78 is 0. The Morgan fingerprint density at radius 3 is 2.61 bits per heavy atom. The third-order valence-corrected chi connectivity index (χ3v) is 5.37. The van der Waals surface area contributed by atoms with Gasteiger partial charge in [0.25, 0.3) is 0 Å². The zero-order chi connectivity index (χ0) is 16.1. The summed E-state index contributed by atoms with van der Waals surface area (Å²) in [5, 5.41) is 6.61. The number of hydrogen-bond donors (Lipinski definition) is 2. The summed E-state index contributed by atoms with van der Waals surface area (Å²) in [5.74, 6) is 0.428. The fourth-order valence-corrected chi connectivity index (χ4v) is 3.77. The van der Waals surface area contributed by atoms with Crippen molar-refractivity contribution >= 4 is 5.91 Å². The zero-order valence-corrected chi connectivity index (χ0v) is 14.1. The molecule has 0 radical (unpaired) electrons. The van der Waals surface area contributed by atoms with Crippen LogP contribution < -0.4 is 10.6 Å². The first-order valence-corrected chi connectivity index (χ1v) is 9.04. The molecule has 2 fully saturated rings. The highest BCUT2D eigenvalue weighted by Crippen LogP contribution is 2.24. The number of piperidine rings is 2. The average molecular weight is 315 g/mol. The van der Waals surface area contributed by atoms with Crippen LogP contribution in [0.4, 0.5) is 0 Å². The molecule has 0 spiro atoms. The molecular weight excluding hydrogens is 286 g/mol. The lowest BCUT2D eigenvalue weighted by Gasteiger charge is -2.37. The predicted molar refractivity (Wildman–Crippen MR) is 93.2 cm³/mol. The topological polar surface area (TPSA) is 44.4 Å². The van der Waals surface area contributed by atoms with E-state index in [0.29, 0.717) is 12.1 Å². The maximum Gasteiger partial charge on any atom is 0.224 e. The molecule has 4 heteroatoms. The first kappa shape index (κ1) is 16.5. The van der Waals surface area contributed by atoms with Crippen molar-refractivity contribution in [2.45, 2.75) is 44.7 Å². The van der Waals surface area contributed by atoms with E-state index < -0.39 is 0 Å². The third kappa shape index (κ3) is 4.33. The lowest BCUT2D eigenvalue weighted by Crippen LogP contribution is -2.48. The highest BCUT2D eigenvalue weighted by atomic mass is 16.2. The molecule has 2 aliphatic rings. The van der Waals surface area contributed by atoms with Crippen molar-refractivity contribution in [3.05, 3.63) is 35.9 Å². The van der Waals surface area contributed by atoms with Crippen molar-refractivity contribution < 1.29 is 4.79 Å². The molecule has 0 aliphatic carbocycles. The maximum absolute atomic E-state index is 12.3. The summed E-state index contributed by atoms with van der Waals surface area (Å²) in [6, 6.07) is 11.5. The second kappa shape index (κ2) is 7.93. The van der Waals surface area contributed by atoms with Gasteiger partial charge in [-0.25, -0.2) is 0 Å². The highest BCUT2D eigenvalue weighted by Gasteiger charge is 2.27. The molecule has 2 N–H and O–H groups in total. The predicted octanol–water partition coefficient (Wildman–Crippen LogP) is 2.33. The van der Waals surface area contributed by atoms with Gasteiger partial charge in [-0.3, -0.25) is 9.69 Å². The Morgan fingerprint density at radius 1 is 1.22 bits per heavy atom. The van der Waals surface area contributed by atoms with E-state index >= 15 is 0 Å². The van der Waals surface area contributed by atoms with Crippen LogP contribution in [-0.2, 0) is 4.79 Å². The molecule has 2 atom stereocenters. The Labute approximate surface area is 139 Å². The second-order valence-corrected chi connectivity index (χ2v) is 6.95. The third-order valence-electron chi connectivity index (χ3n) is 5.37. The molecule has 2 saturated heterocycles. The van der Waals surface area contributed by atoms with Crippen molar-refractivity contribution in [3.8, 4) is 0 Å². The lowest BCUT2D eigenvalue weighted by atomic mass is 9.96. The van der Waals surface area contributed by atoms with Crippen LogP contribution >= 0.6 is 0 Å². The quantitative estimate of drug-likeness (QED) is 0.896. The molecule has 1 aromatic carbocycles. The van der Waals surface area contributed by atoms with E-state index in [2.05, 4.69) is 52.8 Å². The van der Waals surface area contributed by atoms with Gasteiger partial charge in [0.15, 0.2) is 0 Å². The number of nitrogens with zero attached hydrogens (tertiary/aromatic N) is 1. The van der Waals surface area contributed by atoms with E-state index in [0.717, 1.165) is 51.9 Å². The molecule has 126 valence electrons. The van der Waals surface area contributed by atoms with Gasteiger partial charge in [0.05, 0.1) is 5.92 Å². The van der Waals surface area contributed by atoms with E-state index in [9.17, 15) is 4.79 Å². The summed E-state index contributed by atoms with van der Waals surface area (Å²) in [7, 11) is 0. The molecule has 0 bridgehead atoms. The number of rotatable bonds is 4. The molecule has 1 aromatic rings. The Balaban J connectivity index is 1.45. The zero-order valence-electron chi connectivity index (χ0n) is 14.1. The van der Waals surface area contributed by atoms with Crippen LogP contribution in [0.25, 0.3) is 0 Å². The Bertz CT molecular complexity index is 491. The first-order chi connectivity index (χ1) is 11.2. The highest BCUT2D eigenvalue weighted by molar-refractivity contribution is 5.79. The van der Waals surface area contributed by atoms with E-state index in [4.69, 9.17) is 0 Å². The van der Waals surface area contributed by atoms with E-state index in [1.165, 1.54) is 5.56 Å². The molecule has 3 rings (SSSR count). The fourth-order valence-electron chi connectivity index (χ4n) is 3.77. The van der Waals surface area contributed by atoms with Crippen LogP contribution in [0.2, 0.25) is 0 Å². The molecule has 2 heterocycles. The Kier molecular flexibility index (Phi) is 5.68. The van der Waals surface area contributed by atoms with Gasteiger partial charge in [-0.15, -0.1) is 0 Å². The van der Waals surface area contributed by atoms with Gasteiger partial charge in [0.1, 0.15) is 0 Å². The Hall–Kier alpha value is -1.39. The SMILES string of the molecule is CC(c1ccccc1)N1CCC(NC(=O)C2CCCNC2)CC1. The standard InChI is InChI=1S/C19H29N3O/c1-15(16-6-3-2-4-7-16)22-12-9-18(10-13-22)21-19(23)17-8-5-11-20-14-17/h2-4,6-7,15,17-18,20H,5,8-14H2,1H3,(H,21,23). The molecule has 2 aliphatic heterocycles. The van der Waals surface area contributed by atoms with Gasteiger partial charge < -0.3 is 10.6 Å². The molecule has 23 heavy (non-hydrogen) atoms. The summed E-state index contributed by atoms with van der Waals surface area (Å²) >= 11 is 0. The van der Waals surface area contributed by atoms with Crippen LogP contribution in [0.5, 0.6) is 0 Å². The molecule has 0 saturated carbocycles. The van der Waals surface area contributed by atoms with Gasteiger partial charge >= 0.3 is 0 Å². The van der Waals surface area contributed by atoms with Gasteiger partial charge in [-0.05, 0) is 44.7 Å². The number of benzene rings is 1. The number of carbonyl (C=O) groups is 1. The monoisotopic (exact) mass is 315 g/mol. The van der Waals surface area contributed by atoms with E-state index in [1.54, 1.807) is 0 Å². The molecular formula is C19H29N3O. The van der Waals surface area contributed by atoms with Crippen LogP contribution in [0.1, 0.15) is 44.2 Å². The van der Waals surface area contributed by atoms with Crippen molar-refractivity contribution in [2.24, 2.45) is 5.92 Å². The van der Waals surface area contributed by atoms with Gasteiger partial charge in [-0.1, -0.05) is 30.3 Å². The van der Waals surface area contributed by atoms with E-state index in [-0.39, 0.29) is 11.8 Å². The van der Waals surface area contributed by atoms with Crippen LogP contribution in [0, 0.1) is 5.92 Å². The van der Waals surface area contributed by atoms with Gasteiger partial charge in [0.2, 0.25) is 5.91 Å². The van der Waals surface area contributed by atoms with Gasteiger partial charge in [-0.2, -0.15) is 0 Å². The first-order valence-electron chi connectivity index (χ1n) is 9.04. The summed E-state index contributed by atoms with van der Waals surface area (Å²) in [6.07, 6.45) is 4.26. The fraction of sp³-hybridized carbons (Fsp3) is 0.632. The van der Waals surface area contributed by atoms with Crippen LogP contribution in [0.15, 0.2) is 30.3 Å². The van der Waals surface area contributed by atoms with Crippen molar-refractivity contribution in [1.82, 2.24) is 15.5 Å². The van der Waals surface area contributed by atoms with Crippen LogP contribution in [0.3, 0.4) is 0 Å². The van der Waals surface area contributed by atoms with Crippen molar-refractivity contribution in [2.75, 3.05) is 26.2 Å². The van der Waals surface area contributed by atoms with Crippen molar-refractivity contribution in [3.63, 3.8) is 0 Å². The maximum atomic E-state index is 12.3. The number of hydrogen-bond acceptors (Lipinski definition) is 3. The molecule has 0 aromatic heterocycles. The summed E-state index contributed by atoms with van der Waals surface area (Å²) in [6.45, 7) is 6.30. The Morgan fingerprint density at radius 2 is 1.96 bits per heavy atom. The second-order valence-electron chi connectivity index (χ2n) is 6.95. The molecule has 1 amide bonds. The average Bonchev–Trinajstić information content (AvgIpc) is 2.63. The minimum atomic E-state index is 0.171. The number of carbonyl (C=O) groups excluding carboxylic acids is 1. The smallest absolute Gasteiger partial charge is 0.224 e. The number of likely N-dealkylation sites (tertiary alicyclic amines) is 1. The lowest BCUT2D eigenvalue weighted by molar-refractivity contribution is -0.126. The van der Waals surface area contributed by atoms with E-state index in [1.807, 2.05) is 0 Å². The minimum Gasteiger partial charge on any atom is -0.353 e. The molecule has 2 unspecified atom stereocenters. The van der Waals surface area contributed by atoms with Crippen molar-refractivity contribution in [1.29, 1.82) is 0 Å². The van der Waals surface area contributed by atoms with Crippen LogP contribution in [-0.4, -0.2) is 43.0 Å². The summed E-state index contributed by atoms with van der Waals surface area (Å²) in [4.78, 5) is 14.9. The minimum absolute atomic E-state index is 0.171. The number of amides is 1. The summed E-state index contributed by atoms with van der Waals surface area (Å²) in [5.41, 5.74) is 1.38. The normalized spacial score (nSPS) is 25.0. The van der Waals surface area contributed by atoms with Gasteiger partial charge in [0, 0.05) is 31.7 Å². The number of nitrogens with one attached hydrogen (secondary N) is 2.